The van der Waals surface area contributed by atoms with Crippen molar-refractivity contribution in [2.75, 3.05) is 11.5 Å². The highest BCUT2D eigenvalue weighted by molar-refractivity contribution is 7.91. The van der Waals surface area contributed by atoms with Gasteiger partial charge in [0.15, 0.2) is 9.84 Å². The van der Waals surface area contributed by atoms with Crippen molar-refractivity contribution in [2.45, 2.75) is 45.1 Å². The molecular formula is C10H21NO2S. The molecule has 4 heteroatoms. The van der Waals surface area contributed by atoms with Crippen LogP contribution in [0.2, 0.25) is 0 Å². The standard InChI is InChI=1S/C10H21NO2S/c1-2-10(11)8-14(12,13)7-9-5-3-4-6-9/h9-10H,2-8,11H2,1H3. The summed E-state index contributed by atoms with van der Waals surface area (Å²) in [4.78, 5) is 0. The zero-order chi connectivity index (χ0) is 10.6. The highest BCUT2D eigenvalue weighted by atomic mass is 32.2. The minimum Gasteiger partial charge on any atom is -0.327 e. The van der Waals surface area contributed by atoms with Gasteiger partial charge in [-0.15, -0.1) is 0 Å². The van der Waals surface area contributed by atoms with Crippen molar-refractivity contribution in [3.05, 3.63) is 0 Å². The summed E-state index contributed by atoms with van der Waals surface area (Å²) in [5, 5.41) is 0. The Kier molecular flexibility index (Phi) is 4.38. The van der Waals surface area contributed by atoms with Gasteiger partial charge in [0.05, 0.1) is 11.5 Å². The van der Waals surface area contributed by atoms with Gasteiger partial charge in [0.25, 0.3) is 0 Å². The van der Waals surface area contributed by atoms with Crippen LogP contribution in [-0.2, 0) is 9.84 Å². The Hall–Kier alpha value is -0.0900. The molecular weight excluding hydrogens is 198 g/mol. The molecule has 0 aromatic heterocycles. The predicted molar refractivity (Wildman–Crippen MR) is 58.9 cm³/mol. The zero-order valence-electron chi connectivity index (χ0n) is 8.91. The second-order valence-corrected chi connectivity index (χ2v) is 6.55. The van der Waals surface area contributed by atoms with Crippen molar-refractivity contribution in [1.82, 2.24) is 0 Å². The molecule has 0 bridgehead atoms. The van der Waals surface area contributed by atoms with Crippen LogP contribution in [0, 0.1) is 5.92 Å². The van der Waals surface area contributed by atoms with Crippen molar-refractivity contribution in [1.29, 1.82) is 0 Å². The Morgan fingerprint density at radius 3 is 2.43 bits per heavy atom. The van der Waals surface area contributed by atoms with Crippen molar-refractivity contribution < 1.29 is 8.42 Å². The average molecular weight is 219 g/mol. The third-order valence-electron chi connectivity index (χ3n) is 2.96. The molecule has 2 N–H and O–H groups in total. The van der Waals surface area contributed by atoms with Gasteiger partial charge in [-0.2, -0.15) is 0 Å². The zero-order valence-corrected chi connectivity index (χ0v) is 9.72. The number of nitrogens with two attached hydrogens (primary N) is 1. The number of rotatable bonds is 5. The minimum absolute atomic E-state index is 0.167. The first-order chi connectivity index (χ1) is 6.53. The molecule has 1 unspecified atom stereocenters. The van der Waals surface area contributed by atoms with Crippen LogP contribution in [0.5, 0.6) is 0 Å². The van der Waals surface area contributed by atoms with E-state index < -0.39 is 9.84 Å². The van der Waals surface area contributed by atoms with Gasteiger partial charge in [-0.3, -0.25) is 0 Å². The van der Waals surface area contributed by atoms with E-state index >= 15 is 0 Å². The lowest BCUT2D eigenvalue weighted by Gasteiger charge is -2.12. The molecule has 1 aliphatic rings. The largest absolute Gasteiger partial charge is 0.327 e. The Labute approximate surface area is 87.0 Å². The summed E-state index contributed by atoms with van der Waals surface area (Å²) in [5.41, 5.74) is 5.65. The highest BCUT2D eigenvalue weighted by Crippen LogP contribution is 2.26. The molecule has 0 spiro atoms. The van der Waals surface area contributed by atoms with E-state index in [9.17, 15) is 8.42 Å². The predicted octanol–water partition coefficient (Wildman–Crippen LogP) is 1.33. The lowest BCUT2D eigenvalue weighted by atomic mass is 10.1. The molecule has 1 atom stereocenters. The first-order valence-electron chi connectivity index (χ1n) is 5.49. The fourth-order valence-electron chi connectivity index (χ4n) is 2.05. The summed E-state index contributed by atoms with van der Waals surface area (Å²) >= 11 is 0. The van der Waals surface area contributed by atoms with Crippen LogP contribution in [0.15, 0.2) is 0 Å². The van der Waals surface area contributed by atoms with Gasteiger partial charge < -0.3 is 5.73 Å². The molecule has 0 heterocycles. The molecule has 1 aliphatic carbocycles. The number of sulfone groups is 1. The van der Waals surface area contributed by atoms with E-state index in [1.54, 1.807) is 0 Å². The first kappa shape index (κ1) is 12.0. The molecule has 0 radical (unpaired) electrons. The second-order valence-electron chi connectivity index (χ2n) is 4.40. The normalized spacial score (nSPS) is 21.3. The lowest BCUT2D eigenvalue weighted by Crippen LogP contribution is -2.31. The Morgan fingerprint density at radius 1 is 1.36 bits per heavy atom. The van der Waals surface area contributed by atoms with Crippen molar-refractivity contribution in [2.24, 2.45) is 11.7 Å². The van der Waals surface area contributed by atoms with Crippen LogP contribution in [-0.4, -0.2) is 26.0 Å². The molecule has 84 valence electrons. The molecule has 1 rings (SSSR count). The topological polar surface area (TPSA) is 60.2 Å². The van der Waals surface area contributed by atoms with Crippen molar-refractivity contribution in [3.8, 4) is 0 Å². The maximum absolute atomic E-state index is 11.7. The first-order valence-corrected chi connectivity index (χ1v) is 7.31. The maximum atomic E-state index is 11.7. The Morgan fingerprint density at radius 2 is 1.93 bits per heavy atom. The molecule has 3 nitrogen and oxygen atoms in total. The van der Waals surface area contributed by atoms with Gasteiger partial charge in [-0.1, -0.05) is 19.8 Å². The highest BCUT2D eigenvalue weighted by Gasteiger charge is 2.23. The summed E-state index contributed by atoms with van der Waals surface area (Å²) < 4.78 is 23.4. The summed E-state index contributed by atoms with van der Waals surface area (Å²) in [6.45, 7) is 1.93. The van der Waals surface area contributed by atoms with Gasteiger partial charge >= 0.3 is 0 Å². The van der Waals surface area contributed by atoms with Crippen LogP contribution in [0.25, 0.3) is 0 Å². The van der Waals surface area contributed by atoms with Crippen LogP contribution in [0.3, 0.4) is 0 Å². The third-order valence-corrected chi connectivity index (χ3v) is 4.87. The van der Waals surface area contributed by atoms with Crippen LogP contribution in [0.1, 0.15) is 39.0 Å². The van der Waals surface area contributed by atoms with Crippen molar-refractivity contribution in [3.63, 3.8) is 0 Å². The number of hydrogen-bond donors (Lipinski definition) is 1. The van der Waals surface area contributed by atoms with E-state index in [1.165, 1.54) is 12.8 Å². The fourth-order valence-corrected chi connectivity index (χ4v) is 4.12. The van der Waals surface area contributed by atoms with Gasteiger partial charge in [-0.25, -0.2) is 8.42 Å². The SMILES string of the molecule is CCC(N)CS(=O)(=O)CC1CCCC1. The molecule has 0 saturated heterocycles. The van der Waals surface area contributed by atoms with Crippen LogP contribution < -0.4 is 5.73 Å². The summed E-state index contributed by atoms with van der Waals surface area (Å²) in [7, 11) is -2.90. The number of hydrogen-bond acceptors (Lipinski definition) is 3. The van der Waals surface area contributed by atoms with Gasteiger partial charge in [0.2, 0.25) is 0 Å². The maximum Gasteiger partial charge on any atom is 0.152 e. The lowest BCUT2D eigenvalue weighted by molar-refractivity contribution is 0.551. The average Bonchev–Trinajstić information content (AvgIpc) is 2.54. The smallest absolute Gasteiger partial charge is 0.152 e. The second kappa shape index (κ2) is 5.12. The Balaban J connectivity index is 2.40. The van der Waals surface area contributed by atoms with Crippen molar-refractivity contribution >= 4 is 9.84 Å². The molecule has 0 aliphatic heterocycles. The van der Waals surface area contributed by atoms with Gasteiger partial charge in [0.1, 0.15) is 0 Å². The summed E-state index contributed by atoms with van der Waals surface area (Å²) in [6, 6.07) is -0.179. The van der Waals surface area contributed by atoms with Gasteiger partial charge in [-0.05, 0) is 25.2 Å². The van der Waals surface area contributed by atoms with E-state index in [4.69, 9.17) is 5.73 Å². The molecule has 0 aromatic rings. The van der Waals surface area contributed by atoms with E-state index in [1.807, 2.05) is 6.92 Å². The summed E-state index contributed by atoms with van der Waals surface area (Å²) in [5.74, 6) is 0.935. The molecule has 0 aromatic carbocycles. The fraction of sp³-hybridized carbons (Fsp3) is 1.00. The van der Waals surface area contributed by atoms with E-state index in [0.29, 0.717) is 11.7 Å². The van der Waals surface area contributed by atoms with E-state index in [-0.39, 0.29) is 11.8 Å². The van der Waals surface area contributed by atoms with E-state index in [2.05, 4.69) is 0 Å². The molecule has 14 heavy (non-hydrogen) atoms. The van der Waals surface area contributed by atoms with E-state index in [0.717, 1.165) is 19.3 Å². The molecule has 1 saturated carbocycles. The summed E-state index contributed by atoms with van der Waals surface area (Å²) in [6.07, 6.45) is 5.30. The quantitative estimate of drug-likeness (QED) is 0.759. The Bertz CT molecular complexity index is 255. The molecule has 0 amide bonds. The molecule has 1 fully saturated rings. The van der Waals surface area contributed by atoms with Crippen LogP contribution in [0.4, 0.5) is 0 Å². The monoisotopic (exact) mass is 219 g/mol. The van der Waals surface area contributed by atoms with Crippen LogP contribution >= 0.6 is 0 Å². The third kappa shape index (κ3) is 3.96. The minimum atomic E-state index is -2.90. The van der Waals surface area contributed by atoms with Gasteiger partial charge in [0, 0.05) is 6.04 Å².